The molecule has 2 N–H and O–H groups in total. The molecule has 0 saturated heterocycles. The van der Waals surface area contributed by atoms with Gasteiger partial charge in [-0.05, 0) is 36.4 Å². The van der Waals surface area contributed by atoms with Gasteiger partial charge in [0.1, 0.15) is 0 Å². The van der Waals surface area contributed by atoms with Crippen molar-refractivity contribution in [3.05, 3.63) is 57.3 Å². The van der Waals surface area contributed by atoms with Gasteiger partial charge < -0.3 is 5.73 Å². The maximum Gasteiger partial charge on any atom is 0.0648 e. The van der Waals surface area contributed by atoms with Crippen LogP contribution < -0.4 is 5.73 Å². The zero-order valence-electron chi connectivity index (χ0n) is 9.03. The molecule has 1 aromatic heterocycles. The third-order valence-corrected chi connectivity index (χ3v) is 3.72. The van der Waals surface area contributed by atoms with E-state index in [0.717, 1.165) is 0 Å². The van der Waals surface area contributed by atoms with E-state index in [2.05, 4.69) is 49.6 Å². The molecular formula is C13H15NS. The molecule has 1 aromatic carbocycles. The molecule has 15 heavy (non-hydrogen) atoms. The average molecular weight is 217 g/mol. The number of nitrogens with two attached hydrogens (primary N) is 1. The van der Waals surface area contributed by atoms with Crippen molar-refractivity contribution < 1.29 is 0 Å². The highest BCUT2D eigenvalue weighted by molar-refractivity contribution is 7.10. The van der Waals surface area contributed by atoms with Crippen LogP contribution in [0, 0.1) is 13.8 Å². The van der Waals surface area contributed by atoms with Crippen molar-refractivity contribution in [2.45, 2.75) is 19.9 Å². The summed E-state index contributed by atoms with van der Waals surface area (Å²) in [6, 6.07) is 10.6. The number of rotatable bonds is 2. The fraction of sp³-hybridized carbons (Fsp3) is 0.231. The highest BCUT2D eigenvalue weighted by Gasteiger charge is 2.11. The van der Waals surface area contributed by atoms with E-state index < -0.39 is 0 Å². The van der Waals surface area contributed by atoms with Crippen LogP contribution in [0.2, 0.25) is 0 Å². The molecule has 2 aromatic rings. The Morgan fingerprint density at radius 3 is 2.27 bits per heavy atom. The highest BCUT2D eigenvalue weighted by Crippen LogP contribution is 2.27. The second-order valence-corrected chi connectivity index (χ2v) is 4.80. The van der Waals surface area contributed by atoms with Gasteiger partial charge in [0.25, 0.3) is 0 Å². The SMILES string of the molecule is Cc1ccc(C(N)c2sccc2C)cc1. The van der Waals surface area contributed by atoms with Crippen molar-refractivity contribution in [2.24, 2.45) is 5.73 Å². The quantitative estimate of drug-likeness (QED) is 0.819. The molecule has 0 fully saturated rings. The van der Waals surface area contributed by atoms with Crippen LogP contribution in [0.1, 0.15) is 27.6 Å². The molecule has 0 amide bonds. The second kappa shape index (κ2) is 4.17. The van der Waals surface area contributed by atoms with Gasteiger partial charge in [-0.15, -0.1) is 11.3 Å². The average Bonchev–Trinajstić information content (AvgIpc) is 2.65. The van der Waals surface area contributed by atoms with Gasteiger partial charge in [0.2, 0.25) is 0 Å². The maximum absolute atomic E-state index is 6.22. The third-order valence-electron chi connectivity index (χ3n) is 2.62. The molecule has 0 bridgehead atoms. The first kappa shape index (κ1) is 10.4. The predicted octanol–water partition coefficient (Wildman–Crippen LogP) is 3.41. The Labute approximate surface area is 94.6 Å². The third kappa shape index (κ3) is 2.11. The van der Waals surface area contributed by atoms with Gasteiger partial charge >= 0.3 is 0 Å². The first-order valence-corrected chi connectivity index (χ1v) is 5.92. The van der Waals surface area contributed by atoms with E-state index in [1.54, 1.807) is 11.3 Å². The summed E-state index contributed by atoms with van der Waals surface area (Å²) in [7, 11) is 0. The van der Waals surface area contributed by atoms with Crippen molar-refractivity contribution >= 4 is 11.3 Å². The minimum atomic E-state index is 0.0191. The highest BCUT2D eigenvalue weighted by atomic mass is 32.1. The molecule has 1 unspecified atom stereocenters. The molecule has 0 aliphatic carbocycles. The molecular weight excluding hydrogens is 202 g/mol. The van der Waals surface area contributed by atoms with E-state index in [9.17, 15) is 0 Å². The molecule has 1 nitrogen and oxygen atoms in total. The van der Waals surface area contributed by atoms with Crippen molar-refractivity contribution in [1.82, 2.24) is 0 Å². The Bertz CT molecular complexity index is 442. The molecule has 2 heteroatoms. The zero-order valence-corrected chi connectivity index (χ0v) is 9.84. The molecule has 0 aliphatic heterocycles. The first-order chi connectivity index (χ1) is 7.18. The predicted molar refractivity (Wildman–Crippen MR) is 66.3 cm³/mol. The van der Waals surface area contributed by atoms with Crippen LogP contribution in [-0.2, 0) is 0 Å². The van der Waals surface area contributed by atoms with Crippen molar-refractivity contribution in [3.8, 4) is 0 Å². The van der Waals surface area contributed by atoms with E-state index in [0.29, 0.717) is 0 Å². The van der Waals surface area contributed by atoms with Gasteiger partial charge in [-0.25, -0.2) is 0 Å². The Hall–Kier alpha value is -1.12. The summed E-state index contributed by atoms with van der Waals surface area (Å²) in [6.45, 7) is 4.20. The van der Waals surface area contributed by atoms with Crippen LogP contribution in [0.4, 0.5) is 0 Å². The number of thiophene rings is 1. The lowest BCUT2D eigenvalue weighted by molar-refractivity contribution is 0.884. The Kier molecular flexibility index (Phi) is 2.89. The van der Waals surface area contributed by atoms with Crippen LogP contribution in [-0.4, -0.2) is 0 Å². The van der Waals surface area contributed by atoms with E-state index in [1.165, 1.54) is 21.6 Å². The topological polar surface area (TPSA) is 26.0 Å². The number of aryl methyl sites for hydroxylation is 2. The first-order valence-electron chi connectivity index (χ1n) is 5.04. The van der Waals surface area contributed by atoms with Crippen molar-refractivity contribution in [2.75, 3.05) is 0 Å². The lowest BCUT2D eigenvalue weighted by Crippen LogP contribution is -2.11. The number of benzene rings is 1. The number of hydrogen-bond acceptors (Lipinski definition) is 2. The smallest absolute Gasteiger partial charge is 0.0648 e. The zero-order chi connectivity index (χ0) is 10.8. The molecule has 0 aliphatic rings. The van der Waals surface area contributed by atoms with Crippen LogP contribution in [0.15, 0.2) is 35.7 Å². The fourth-order valence-electron chi connectivity index (χ4n) is 1.63. The van der Waals surface area contributed by atoms with Crippen LogP contribution in [0.5, 0.6) is 0 Å². The van der Waals surface area contributed by atoms with Crippen molar-refractivity contribution in [1.29, 1.82) is 0 Å². The van der Waals surface area contributed by atoms with E-state index in [1.807, 2.05) is 0 Å². The van der Waals surface area contributed by atoms with Gasteiger partial charge in [-0.2, -0.15) is 0 Å². The lowest BCUT2D eigenvalue weighted by atomic mass is 10.0. The normalized spacial score (nSPS) is 12.7. The van der Waals surface area contributed by atoms with Gasteiger partial charge in [0.05, 0.1) is 6.04 Å². The molecule has 1 heterocycles. The van der Waals surface area contributed by atoms with Gasteiger partial charge in [-0.3, -0.25) is 0 Å². The molecule has 0 saturated carbocycles. The molecule has 78 valence electrons. The summed E-state index contributed by atoms with van der Waals surface area (Å²) in [5, 5.41) is 2.10. The van der Waals surface area contributed by atoms with Crippen LogP contribution in [0.3, 0.4) is 0 Å². The van der Waals surface area contributed by atoms with Crippen LogP contribution in [0.25, 0.3) is 0 Å². The van der Waals surface area contributed by atoms with Gasteiger partial charge in [0.15, 0.2) is 0 Å². The minimum Gasteiger partial charge on any atom is -0.320 e. The molecule has 2 rings (SSSR count). The summed E-state index contributed by atoms with van der Waals surface area (Å²) in [6.07, 6.45) is 0. The van der Waals surface area contributed by atoms with Crippen LogP contribution >= 0.6 is 11.3 Å². The summed E-state index contributed by atoms with van der Waals surface area (Å²) >= 11 is 1.73. The monoisotopic (exact) mass is 217 g/mol. The Morgan fingerprint density at radius 1 is 1.07 bits per heavy atom. The maximum atomic E-state index is 6.22. The van der Waals surface area contributed by atoms with E-state index in [4.69, 9.17) is 5.73 Å². The molecule has 0 radical (unpaired) electrons. The summed E-state index contributed by atoms with van der Waals surface area (Å²) in [5.41, 5.74) is 9.97. The summed E-state index contributed by atoms with van der Waals surface area (Å²) in [4.78, 5) is 1.26. The molecule has 1 atom stereocenters. The summed E-state index contributed by atoms with van der Waals surface area (Å²) < 4.78 is 0. The van der Waals surface area contributed by atoms with Crippen molar-refractivity contribution in [3.63, 3.8) is 0 Å². The lowest BCUT2D eigenvalue weighted by Gasteiger charge is -2.11. The second-order valence-electron chi connectivity index (χ2n) is 3.86. The number of hydrogen-bond donors (Lipinski definition) is 1. The Balaban J connectivity index is 2.32. The fourth-order valence-corrected chi connectivity index (χ4v) is 2.58. The van der Waals surface area contributed by atoms with E-state index in [-0.39, 0.29) is 6.04 Å². The van der Waals surface area contributed by atoms with Gasteiger partial charge in [-0.1, -0.05) is 29.8 Å². The largest absolute Gasteiger partial charge is 0.320 e. The standard InChI is InChI=1S/C13H15NS/c1-9-3-5-11(6-4-9)12(14)13-10(2)7-8-15-13/h3-8,12H,14H2,1-2H3. The Morgan fingerprint density at radius 2 is 1.73 bits per heavy atom. The molecule has 0 spiro atoms. The summed E-state index contributed by atoms with van der Waals surface area (Å²) in [5.74, 6) is 0. The van der Waals surface area contributed by atoms with Gasteiger partial charge in [0, 0.05) is 4.88 Å². The van der Waals surface area contributed by atoms with E-state index >= 15 is 0 Å². The minimum absolute atomic E-state index is 0.0191.